The summed E-state index contributed by atoms with van der Waals surface area (Å²) in [5.41, 5.74) is 6.39. The third-order valence-electron chi connectivity index (χ3n) is 6.25. The predicted octanol–water partition coefficient (Wildman–Crippen LogP) is 3.36. The van der Waals surface area contributed by atoms with E-state index in [9.17, 15) is 8.42 Å². The van der Waals surface area contributed by atoms with Gasteiger partial charge in [0.2, 0.25) is 0 Å². The first-order valence-corrected chi connectivity index (χ1v) is 11.8. The Kier molecular flexibility index (Phi) is 4.88. The first kappa shape index (κ1) is 20.2. The van der Waals surface area contributed by atoms with Crippen LogP contribution in [0.4, 0.5) is 0 Å². The van der Waals surface area contributed by atoms with Crippen molar-refractivity contribution in [2.45, 2.75) is 31.7 Å². The normalized spacial score (nSPS) is 16.9. The molecule has 162 valence electrons. The van der Waals surface area contributed by atoms with Crippen molar-refractivity contribution in [1.82, 2.24) is 9.29 Å². The summed E-state index contributed by atoms with van der Waals surface area (Å²) in [6, 6.07) is 10.2. The number of ether oxygens (including phenoxy) is 2. The Morgan fingerprint density at radius 1 is 1.06 bits per heavy atom. The van der Waals surface area contributed by atoms with Crippen molar-refractivity contribution in [2.24, 2.45) is 5.14 Å². The lowest BCUT2D eigenvalue weighted by Gasteiger charge is -2.27. The van der Waals surface area contributed by atoms with Crippen LogP contribution in [0.2, 0.25) is 0 Å². The van der Waals surface area contributed by atoms with E-state index in [1.54, 1.807) is 14.2 Å². The van der Waals surface area contributed by atoms with Crippen molar-refractivity contribution in [2.75, 3.05) is 20.8 Å². The van der Waals surface area contributed by atoms with Gasteiger partial charge in [-0.25, -0.2) is 5.14 Å². The number of nitrogens with two attached hydrogens (primary N) is 1. The molecule has 0 unspecified atom stereocenters. The Labute approximate surface area is 182 Å². The van der Waals surface area contributed by atoms with Crippen LogP contribution >= 0.6 is 0 Å². The Balaban J connectivity index is 1.70. The molecule has 1 aliphatic carbocycles. The van der Waals surface area contributed by atoms with Crippen LogP contribution < -0.4 is 14.6 Å². The Morgan fingerprint density at radius 3 is 2.48 bits per heavy atom. The minimum absolute atomic E-state index is 0.293. The Hall–Kier alpha value is -2.68. The number of nitrogens with zero attached hydrogens (tertiary/aromatic N) is 2. The topological polar surface area (TPSA) is 94.7 Å². The molecule has 0 spiro atoms. The molecule has 7 nitrogen and oxygen atoms in total. The molecule has 1 fully saturated rings. The molecule has 0 amide bonds. The maximum atomic E-state index is 11.9. The average Bonchev–Trinajstić information content (AvgIpc) is 3.61. The van der Waals surface area contributed by atoms with E-state index in [1.165, 1.54) is 9.87 Å². The van der Waals surface area contributed by atoms with Gasteiger partial charge in [-0.05, 0) is 65.1 Å². The molecule has 0 saturated heterocycles. The number of methoxy groups -OCH3 is 2. The maximum absolute atomic E-state index is 11.9. The van der Waals surface area contributed by atoms with Gasteiger partial charge in [0.25, 0.3) is 10.2 Å². The largest absolute Gasteiger partial charge is 0.493 e. The number of fused-ring (bicyclic) bond motifs is 2. The molecule has 1 aromatic heterocycles. The second-order valence-electron chi connectivity index (χ2n) is 8.20. The van der Waals surface area contributed by atoms with Gasteiger partial charge in [0.15, 0.2) is 11.5 Å². The summed E-state index contributed by atoms with van der Waals surface area (Å²) < 4.78 is 36.1. The molecule has 3 aromatic rings. The monoisotopic (exact) mass is 439 g/mol. The highest BCUT2D eigenvalue weighted by Crippen LogP contribution is 2.47. The molecule has 1 aliphatic heterocycles. The van der Waals surface area contributed by atoms with Gasteiger partial charge in [-0.3, -0.25) is 4.98 Å². The molecule has 0 atom stereocenters. The number of hydrogen-bond acceptors (Lipinski definition) is 5. The zero-order chi connectivity index (χ0) is 21.8. The molecule has 2 aromatic carbocycles. The van der Waals surface area contributed by atoms with Crippen LogP contribution in [0.25, 0.3) is 22.0 Å². The molecule has 1 saturated carbocycles. The number of aromatic nitrogens is 1. The van der Waals surface area contributed by atoms with Gasteiger partial charge in [0.05, 0.1) is 19.7 Å². The summed E-state index contributed by atoms with van der Waals surface area (Å²) in [7, 11) is -0.474. The van der Waals surface area contributed by atoms with Gasteiger partial charge >= 0.3 is 0 Å². The van der Waals surface area contributed by atoms with Gasteiger partial charge < -0.3 is 9.47 Å². The summed E-state index contributed by atoms with van der Waals surface area (Å²) in [5, 5.41) is 6.39. The van der Waals surface area contributed by atoms with Crippen molar-refractivity contribution in [3.8, 4) is 22.6 Å². The maximum Gasteiger partial charge on any atom is 0.277 e. The van der Waals surface area contributed by atoms with E-state index < -0.39 is 10.2 Å². The van der Waals surface area contributed by atoms with Gasteiger partial charge in [0, 0.05) is 30.7 Å². The first-order chi connectivity index (χ1) is 14.9. The van der Waals surface area contributed by atoms with Gasteiger partial charge in [-0.15, -0.1) is 0 Å². The van der Waals surface area contributed by atoms with E-state index in [0.29, 0.717) is 36.9 Å². The van der Waals surface area contributed by atoms with E-state index in [-0.39, 0.29) is 0 Å². The highest BCUT2D eigenvalue weighted by Gasteiger charge is 2.29. The summed E-state index contributed by atoms with van der Waals surface area (Å²) in [5.74, 6) is 1.79. The van der Waals surface area contributed by atoms with Crippen LogP contribution in [0.1, 0.15) is 35.4 Å². The standard InChI is InChI=1S/C23H25N3O4S/c1-29-21-10-18-20(11-22(21)30-2)25-12-19(15-4-5-15)23(18)16-6-3-14-7-8-26(31(24,27)28)13-17(14)9-16/h3,6,9-12,15H,4-5,7-8,13H2,1-2H3,(H2,24,27,28). The summed E-state index contributed by atoms with van der Waals surface area (Å²) in [4.78, 5) is 4.70. The van der Waals surface area contributed by atoms with E-state index >= 15 is 0 Å². The molecule has 2 aliphatic rings. The zero-order valence-corrected chi connectivity index (χ0v) is 18.4. The lowest BCUT2D eigenvalue weighted by molar-refractivity contribution is 0.356. The molecule has 2 heterocycles. The fourth-order valence-corrected chi connectivity index (χ4v) is 5.13. The minimum atomic E-state index is -3.72. The zero-order valence-electron chi connectivity index (χ0n) is 17.6. The third-order valence-corrected chi connectivity index (χ3v) is 7.28. The molecular formula is C23H25N3O4S. The molecule has 0 radical (unpaired) electrons. The van der Waals surface area contributed by atoms with Gasteiger partial charge in [-0.2, -0.15) is 12.7 Å². The number of pyridine rings is 1. The molecule has 5 rings (SSSR count). The Morgan fingerprint density at radius 2 is 1.81 bits per heavy atom. The number of hydrogen-bond donors (Lipinski definition) is 1. The lowest BCUT2D eigenvalue weighted by Crippen LogP contribution is -2.40. The molecule has 8 heteroatoms. The van der Waals surface area contributed by atoms with Crippen LogP contribution in [0.3, 0.4) is 0 Å². The lowest BCUT2D eigenvalue weighted by atomic mass is 9.90. The van der Waals surface area contributed by atoms with E-state index in [1.807, 2.05) is 18.3 Å². The van der Waals surface area contributed by atoms with E-state index in [2.05, 4.69) is 18.2 Å². The fourth-order valence-electron chi connectivity index (χ4n) is 4.46. The van der Waals surface area contributed by atoms with Crippen molar-refractivity contribution in [3.63, 3.8) is 0 Å². The smallest absolute Gasteiger partial charge is 0.277 e. The fraction of sp³-hybridized carbons (Fsp3) is 0.348. The summed E-state index contributed by atoms with van der Waals surface area (Å²) in [6.07, 6.45) is 4.93. The molecule has 31 heavy (non-hydrogen) atoms. The van der Waals surface area contributed by atoms with Crippen LogP contribution in [-0.2, 0) is 23.2 Å². The predicted molar refractivity (Wildman–Crippen MR) is 119 cm³/mol. The third kappa shape index (κ3) is 3.64. The second kappa shape index (κ2) is 7.47. The van der Waals surface area contributed by atoms with Crippen LogP contribution in [0.5, 0.6) is 11.5 Å². The number of benzene rings is 2. The van der Waals surface area contributed by atoms with Crippen molar-refractivity contribution in [3.05, 3.63) is 53.2 Å². The van der Waals surface area contributed by atoms with E-state index in [4.69, 9.17) is 19.6 Å². The van der Waals surface area contributed by atoms with Crippen LogP contribution in [-0.4, -0.2) is 38.5 Å². The summed E-state index contributed by atoms with van der Waals surface area (Å²) >= 11 is 0. The van der Waals surface area contributed by atoms with Crippen molar-refractivity contribution >= 4 is 21.1 Å². The first-order valence-electron chi connectivity index (χ1n) is 10.3. The van der Waals surface area contributed by atoms with Crippen molar-refractivity contribution in [1.29, 1.82) is 0 Å². The van der Waals surface area contributed by atoms with Crippen LogP contribution in [0, 0.1) is 0 Å². The minimum Gasteiger partial charge on any atom is -0.493 e. The number of rotatable bonds is 5. The second-order valence-corrected chi connectivity index (χ2v) is 9.75. The average molecular weight is 440 g/mol. The molecular weight excluding hydrogens is 414 g/mol. The van der Waals surface area contributed by atoms with Crippen LogP contribution in [0.15, 0.2) is 36.5 Å². The molecule has 2 N–H and O–H groups in total. The SMILES string of the molecule is COc1cc2ncc(C3CC3)c(-c3ccc4c(c3)CN(S(N)(=O)=O)CC4)c2cc1OC. The quantitative estimate of drug-likeness (QED) is 0.658. The Bertz CT molecular complexity index is 1290. The van der Waals surface area contributed by atoms with Gasteiger partial charge in [0.1, 0.15) is 0 Å². The summed E-state index contributed by atoms with van der Waals surface area (Å²) in [6.45, 7) is 0.703. The van der Waals surface area contributed by atoms with Gasteiger partial charge in [-0.1, -0.05) is 12.1 Å². The highest BCUT2D eigenvalue weighted by atomic mass is 32.2. The molecule has 0 bridgehead atoms. The van der Waals surface area contributed by atoms with Crippen molar-refractivity contribution < 1.29 is 17.9 Å². The highest BCUT2D eigenvalue weighted by molar-refractivity contribution is 7.86. The van der Waals surface area contributed by atoms with E-state index in [0.717, 1.165) is 46.0 Å².